The number of rotatable bonds is 3. The lowest BCUT2D eigenvalue weighted by Gasteiger charge is -2.29. The first-order valence-electron chi connectivity index (χ1n) is 9.70. The fourth-order valence-corrected chi connectivity index (χ4v) is 4.24. The third kappa shape index (κ3) is 3.52. The molecule has 1 fully saturated rings. The minimum atomic E-state index is -0.174. The number of nitrogens with zero attached hydrogens (tertiary/aromatic N) is 1. The van der Waals surface area contributed by atoms with Gasteiger partial charge in [-0.15, -0.1) is 0 Å². The summed E-state index contributed by atoms with van der Waals surface area (Å²) < 4.78 is 1.79. The first-order chi connectivity index (χ1) is 13.5. The van der Waals surface area contributed by atoms with Crippen molar-refractivity contribution in [1.29, 1.82) is 0 Å². The molecule has 5 nitrogen and oxygen atoms in total. The topological polar surface area (TPSA) is 66.9 Å². The van der Waals surface area contributed by atoms with E-state index >= 15 is 0 Å². The Hall–Kier alpha value is -2.73. The molecule has 0 unspecified atom stereocenters. The van der Waals surface area contributed by atoms with Crippen LogP contribution in [0, 0.1) is 10.7 Å². The fourth-order valence-electron chi connectivity index (χ4n) is 3.94. The zero-order valence-corrected chi connectivity index (χ0v) is 16.6. The Balaban J connectivity index is 1.62. The summed E-state index contributed by atoms with van der Waals surface area (Å²) in [5.74, 6) is 0.438. The number of hydrogen-bond acceptors (Lipinski definition) is 3. The number of para-hydroxylation sites is 1. The van der Waals surface area contributed by atoms with Crippen molar-refractivity contribution in [3.05, 3.63) is 69.2 Å². The number of H-pyrrole nitrogens is 1. The monoisotopic (exact) mass is 393 g/mol. The molecule has 1 amide bonds. The molecule has 0 radical (unpaired) electrons. The van der Waals surface area contributed by atoms with E-state index < -0.39 is 0 Å². The third-order valence-electron chi connectivity index (χ3n) is 5.62. The number of aromatic amines is 1. The third-order valence-corrected chi connectivity index (χ3v) is 5.91. The van der Waals surface area contributed by atoms with E-state index in [-0.39, 0.29) is 17.5 Å². The molecule has 0 spiro atoms. The van der Waals surface area contributed by atoms with E-state index in [9.17, 15) is 9.59 Å². The highest BCUT2D eigenvalue weighted by Crippen LogP contribution is 2.24. The van der Waals surface area contributed by atoms with E-state index in [1.54, 1.807) is 30.3 Å². The van der Waals surface area contributed by atoms with Crippen molar-refractivity contribution in [3.8, 4) is 5.69 Å². The molecule has 1 heterocycles. The number of nitrogens with one attached hydrogen (secondary N) is 2. The number of hydrogen-bond donors (Lipinski definition) is 2. The number of carbonyl (C=O) groups is 1. The molecule has 2 atom stereocenters. The lowest BCUT2D eigenvalue weighted by atomic mass is 9.86. The molecule has 2 N–H and O–H groups in total. The van der Waals surface area contributed by atoms with E-state index in [1.165, 1.54) is 11.0 Å². The van der Waals surface area contributed by atoms with Gasteiger partial charge in [-0.05, 0) is 67.4 Å². The SMILES string of the molecule is C[C@H]1CCCC[C@H]1NC(=O)c1ccc(-n2c(=S)[nH]c3ccccc3c2=O)cc1. The van der Waals surface area contributed by atoms with E-state index in [1.807, 2.05) is 18.2 Å². The largest absolute Gasteiger partial charge is 0.349 e. The van der Waals surface area contributed by atoms with Gasteiger partial charge in [-0.3, -0.25) is 14.2 Å². The molecule has 1 aliphatic carbocycles. The highest BCUT2D eigenvalue weighted by molar-refractivity contribution is 7.71. The molecule has 0 saturated heterocycles. The maximum Gasteiger partial charge on any atom is 0.266 e. The van der Waals surface area contributed by atoms with Crippen molar-refractivity contribution in [3.63, 3.8) is 0 Å². The van der Waals surface area contributed by atoms with Gasteiger partial charge in [0.15, 0.2) is 4.77 Å². The summed E-state index contributed by atoms with van der Waals surface area (Å²) in [4.78, 5) is 28.6. The van der Waals surface area contributed by atoms with Crippen molar-refractivity contribution in [2.45, 2.75) is 38.6 Å². The molecule has 4 rings (SSSR count). The Morgan fingerprint density at radius 3 is 2.57 bits per heavy atom. The van der Waals surface area contributed by atoms with Gasteiger partial charge in [-0.1, -0.05) is 31.9 Å². The van der Waals surface area contributed by atoms with E-state index in [0.29, 0.717) is 32.8 Å². The summed E-state index contributed by atoms with van der Waals surface area (Å²) >= 11 is 5.38. The molecular formula is C22H23N3O2S. The van der Waals surface area contributed by atoms with Gasteiger partial charge in [-0.2, -0.15) is 0 Å². The second kappa shape index (κ2) is 7.72. The molecule has 2 aromatic carbocycles. The zero-order valence-electron chi connectivity index (χ0n) is 15.8. The molecule has 1 aliphatic rings. The molecule has 1 saturated carbocycles. The normalized spacial score (nSPS) is 19.5. The first-order valence-corrected chi connectivity index (χ1v) is 10.1. The second-order valence-electron chi connectivity index (χ2n) is 7.50. The Kier molecular flexibility index (Phi) is 5.13. The predicted molar refractivity (Wildman–Crippen MR) is 114 cm³/mol. The molecule has 3 aromatic rings. The highest BCUT2D eigenvalue weighted by Gasteiger charge is 2.23. The average Bonchev–Trinajstić information content (AvgIpc) is 2.70. The molecule has 6 heteroatoms. The standard InChI is InChI=1S/C22H23N3O2S/c1-14-6-2-4-8-18(14)23-20(26)15-10-12-16(13-11-15)25-21(27)17-7-3-5-9-19(17)24-22(25)28/h3,5,7,9-14,18H,2,4,6,8H2,1H3,(H,23,26)(H,24,28)/t14-,18+/m0/s1. The van der Waals surface area contributed by atoms with Gasteiger partial charge in [0.25, 0.3) is 11.5 Å². The minimum Gasteiger partial charge on any atom is -0.349 e. The number of fused-ring (bicyclic) bond motifs is 1. The zero-order chi connectivity index (χ0) is 19.7. The van der Waals surface area contributed by atoms with E-state index in [4.69, 9.17) is 12.2 Å². The van der Waals surface area contributed by atoms with Crippen LogP contribution < -0.4 is 10.9 Å². The summed E-state index contributed by atoms with van der Waals surface area (Å²) in [6.45, 7) is 2.20. The van der Waals surface area contributed by atoms with Gasteiger partial charge < -0.3 is 10.3 Å². The fraction of sp³-hybridized carbons (Fsp3) is 0.318. The molecule has 0 aliphatic heterocycles. The lowest BCUT2D eigenvalue weighted by Crippen LogP contribution is -2.41. The highest BCUT2D eigenvalue weighted by atomic mass is 32.1. The van der Waals surface area contributed by atoms with Gasteiger partial charge in [0.1, 0.15) is 0 Å². The summed E-state index contributed by atoms with van der Waals surface area (Å²) in [7, 11) is 0. The molecule has 144 valence electrons. The second-order valence-corrected chi connectivity index (χ2v) is 7.89. The molecule has 28 heavy (non-hydrogen) atoms. The Morgan fingerprint density at radius 1 is 1.11 bits per heavy atom. The average molecular weight is 394 g/mol. The number of aromatic nitrogens is 2. The van der Waals surface area contributed by atoms with Gasteiger partial charge >= 0.3 is 0 Å². The minimum absolute atomic E-state index is 0.0682. The first kappa shape index (κ1) is 18.6. The van der Waals surface area contributed by atoms with Crippen LogP contribution >= 0.6 is 12.2 Å². The van der Waals surface area contributed by atoms with Crippen molar-refractivity contribution in [2.75, 3.05) is 0 Å². The maximum absolute atomic E-state index is 12.9. The molecule has 0 bridgehead atoms. The van der Waals surface area contributed by atoms with Crippen LogP contribution in [0.5, 0.6) is 0 Å². The summed E-state index contributed by atoms with van der Waals surface area (Å²) in [6, 6.07) is 14.5. The van der Waals surface area contributed by atoms with Crippen molar-refractivity contribution in [1.82, 2.24) is 14.9 Å². The molecular weight excluding hydrogens is 370 g/mol. The van der Waals surface area contributed by atoms with Crippen LogP contribution in [0.4, 0.5) is 0 Å². The van der Waals surface area contributed by atoms with Crippen LogP contribution in [0.3, 0.4) is 0 Å². The number of amides is 1. The Labute approximate surface area is 168 Å². The van der Waals surface area contributed by atoms with Crippen molar-refractivity contribution in [2.24, 2.45) is 5.92 Å². The van der Waals surface area contributed by atoms with Gasteiger partial charge in [0.05, 0.1) is 16.6 Å². The summed E-state index contributed by atoms with van der Waals surface area (Å²) in [5, 5.41) is 3.73. The Bertz CT molecular complexity index is 1130. The molecule has 1 aromatic heterocycles. The van der Waals surface area contributed by atoms with Crippen LogP contribution in [0.15, 0.2) is 53.3 Å². The van der Waals surface area contributed by atoms with Crippen LogP contribution in [0.25, 0.3) is 16.6 Å². The maximum atomic E-state index is 12.9. The number of carbonyl (C=O) groups excluding carboxylic acids is 1. The van der Waals surface area contributed by atoms with Crippen molar-refractivity contribution < 1.29 is 4.79 Å². The quantitative estimate of drug-likeness (QED) is 0.650. The van der Waals surface area contributed by atoms with E-state index in [0.717, 1.165) is 19.3 Å². The van der Waals surface area contributed by atoms with Crippen LogP contribution in [-0.2, 0) is 0 Å². The van der Waals surface area contributed by atoms with Crippen LogP contribution in [0.2, 0.25) is 0 Å². The Morgan fingerprint density at radius 2 is 1.82 bits per heavy atom. The predicted octanol–water partition coefficient (Wildman–Crippen LogP) is 4.36. The summed E-state index contributed by atoms with van der Waals surface area (Å²) in [5.41, 5.74) is 1.77. The van der Waals surface area contributed by atoms with Gasteiger partial charge in [0, 0.05) is 11.6 Å². The van der Waals surface area contributed by atoms with Crippen LogP contribution in [0.1, 0.15) is 43.0 Å². The summed E-state index contributed by atoms with van der Waals surface area (Å²) in [6.07, 6.45) is 4.60. The lowest BCUT2D eigenvalue weighted by molar-refractivity contribution is 0.0910. The smallest absolute Gasteiger partial charge is 0.266 e. The number of benzene rings is 2. The van der Waals surface area contributed by atoms with Gasteiger partial charge in [-0.25, -0.2) is 0 Å². The van der Waals surface area contributed by atoms with Gasteiger partial charge in [0.2, 0.25) is 0 Å². The van der Waals surface area contributed by atoms with Crippen LogP contribution in [-0.4, -0.2) is 21.5 Å². The van der Waals surface area contributed by atoms with E-state index in [2.05, 4.69) is 17.2 Å². The van der Waals surface area contributed by atoms with Crippen molar-refractivity contribution >= 4 is 29.0 Å².